The number of methoxy groups -OCH3 is 2. The molecule has 0 heterocycles. The highest BCUT2D eigenvalue weighted by Crippen LogP contribution is 2.40. The molecule has 2 aromatic rings. The van der Waals surface area contributed by atoms with Crippen LogP contribution >= 0.6 is 0 Å². The minimum atomic E-state index is -0.291. The fourth-order valence-electron chi connectivity index (χ4n) is 3.11. The molecule has 1 aliphatic rings. The van der Waals surface area contributed by atoms with Gasteiger partial charge < -0.3 is 20.1 Å². The lowest BCUT2D eigenvalue weighted by Crippen LogP contribution is -2.29. The Labute approximate surface area is 158 Å². The van der Waals surface area contributed by atoms with Crippen LogP contribution < -0.4 is 20.1 Å². The molecule has 2 atom stereocenters. The third-order valence-corrected chi connectivity index (χ3v) is 4.71. The number of carbonyl (C=O) groups excluding carboxylic acids is 2. The van der Waals surface area contributed by atoms with Gasteiger partial charge in [0.05, 0.1) is 31.7 Å². The Balaban J connectivity index is 1.46. The molecule has 0 radical (unpaired) electrons. The van der Waals surface area contributed by atoms with E-state index in [0.717, 1.165) is 11.3 Å². The first-order valence-corrected chi connectivity index (χ1v) is 8.97. The van der Waals surface area contributed by atoms with Crippen molar-refractivity contribution in [2.75, 3.05) is 26.1 Å². The quantitative estimate of drug-likeness (QED) is 0.751. The number of hydrogen-bond donors (Lipinski definition) is 2. The summed E-state index contributed by atoms with van der Waals surface area (Å²) in [7, 11) is 3.19. The number of ether oxygens (including phenoxy) is 2. The summed E-state index contributed by atoms with van der Waals surface area (Å²) >= 11 is 0. The predicted octanol–water partition coefficient (Wildman–Crippen LogP) is 2.64. The fourth-order valence-corrected chi connectivity index (χ4v) is 3.11. The predicted molar refractivity (Wildman–Crippen MR) is 103 cm³/mol. The molecule has 6 heteroatoms. The van der Waals surface area contributed by atoms with E-state index in [4.69, 9.17) is 9.47 Å². The number of para-hydroxylation sites is 3. The first-order chi connectivity index (χ1) is 13.1. The number of rotatable bonds is 8. The van der Waals surface area contributed by atoms with Gasteiger partial charge in [-0.2, -0.15) is 0 Å². The van der Waals surface area contributed by atoms with E-state index in [1.165, 1.54) is 0 Å². The van der Waals surface area contributed by atoms with Gasteiger partial charge in [-0.3, -0.25) is 9.59 Å². The lowest BCUT2D eigenvalue weighted by Gasteiger charge is -2.10. The van der Waals surface area contributed by atoms with E-state index in [1.54, 1.807) is 26.4 Å². The van der Waals surface area contributed by atoms with Gasteiger partial charge in [0.15, 0.2) is 0 Å². The van der Waals surface area contributed by atoms with Gasteiger partial charge in [-0.15, -0.1) is 0 Å². The second-order valence-corrected chi connectivity index (χ2v) is 6.49. The maximum absolute atomic E-state index is 12.4. The van der Waals surface area contributed by atoms with Crippen LogP contribution in [0.15, 0.2) is 48.5 Å². The SMILES string of the molecule is COc1ccccc1CCNC(=O)C1CC1C(=O)Nc1ccccc1OC. The van der Waals surface area contributed by atoms with Gasteiger partial charge in [0.25, 0.3) is 0 Å². The van der Waals surface area contributed by atoms with Crippen molar-refractivity contribution in [1.82, 2.24) is 5.32 Å². The zero-order valence-electron chi connectivity index (χ0n) is 15.5. The van der Waals surface area contributed by atoms with Crippen LogP contribution in [0.1, 0.15) is 12.0 Å². The van der Waals surface area contributed by atoms with Crippen molar-refractivity contribution >= 4 is 17.5 Å². The minimum absolute atomic E-state index is 0.0786. The molecule has 2 N–H and O–H groups in total. The Morgan fingerprint density at radius 3 is 2.30 bits per heavy atom. The third-order valence-electron chi connectivity index (χ3n) is 4.71. The molecule has 1 saturated carbocycles. The van der Waals surface area contributed by atoms with E-state index in [9.17, 15) is 9.59 Å². The largest absolute Gasteiger partial charge is 0.496 e. The summed E-state index contributed by atoms with van der Waals surface area (Å²) in [5, 5.41) is 5.76. The molecule has 0 spiro atoms. The summed E-state index contributed by atoms with van der Waals surface area (Å²) in [6.07, 6.45) is 1.25. The number of amides is 2. The highest BCUT2D eigenvalue weighted by Gasteiger charge is 2.48. The van der Waals surface area contributed by atoms with Crippen molar-refractivity contribution in [3.05, 3.63) is 54.1 Å². The molecular weight excluding hydrogens is 344 g/mol. The first-order valence-electron chi connectivity index (χ1n) is 8.97. The number of hydrogen-bond acceptors (Lipinski definition) is 4. The average Bonchev–Trinajstić information content (AvgIpc) is 3.50. The monoisotopic (exact) mass is 368 g/mol. The Kier molecular flexibility index (Phi) is 5.96. The smallest absolute Gasteiger partial charge is 0.228 e. The van der Waals surface area contributed by atoms with Crippen LogP contribution in [0.2, 0.25) is 0 Å². The van der Waals surface area contributed by atoms with Crippen LogP contribution in [-0.4, -0.2) is 32.6 Å². The first kappa shape index (κ1) is 18.8. The lowest BCUT2D eigenvalue weighted by atomic mass is 10.1. The molecule has 0 saturated heterocycles. The molecular formula is C21H24N2O4. The van der Waals surface area contributed by atoms with Crippen LogP contribution in [0.25, 0.3) is 0 Å². The number of nitrogens with one attached hydrogen (secondary N) is 2. The van der Waals surface area contributed by atoms with Gasteiger partial charge in [-0.25, -0.2) is 0 Å². The number of benzene rings is 2. The zero-order valence-corrected chi connectivity index (χ0v) is 15.5. The van der Waals surface area contributed by atoms with E-state index < -0.39 is 0 Å². The molecule has 0 aliphatic heterocycles. The number of anilines is 1. The normalized spacial score (nSPS) is 17.7. The molecule has 1 aliphatic carbocycles. The standard InChI is InChI=1S/C21H24N2O4/c1-26-18-9-5-3-7-14(18)11-12-22-20(24)15-13-16(15)21(25)23-17-8-4-6-10-19(17)27-2/h3-10,15-16H,11-13H2,1-2H3,(H,22,24)(H,23,25). The van der Waals surface area contributed by atoms with E-state index in [-0.39, 0.29) is 23.7 Å². The van der Waals surface area contributed by atoms with E-state index >= 15 is 0 Å². The van der Waals surface area contributed by atoms with Crippen LogP contribution in [0.4, 0.5) is 5.69 Å². The maximum atomic E-state index is 12.4. The highest BCUT2D eigenvalue weighted by atomic mass is 16.5. The second-order valence-electron chi connectivity index (χ2n) is 6.49. The topological polar surface area (TPSA) is 76.7 Å². The Bertz CT molecular complexity index is 821. The molecule has 6 nitrogen and oxygen atoms in total. The van der Waals surface area contributed by atoms with Crippen molar-refractivity contribution in [3.8, 4) is 11.5 Å². The summed E-state index contributed by atoms with van der Waals surface area (Å²) in [4.78, 5) is 24.7. The molecule has 2 aromatic carbocycles. The van der Waals surface area contributed by atoms with E-state index in [2.05, 4.69) is 10.6 Å². The number of carbonyl (C=O) groups is 2. The van der Waals surface area contributed by atoms with Crippen LogP contribution in [0.5, 0.6) is 11.5 Å². The molecule has 2 amide bonds. The summed E-state index contributed by atoms with van der Waals surface area (Å²) < 4.78 is 10.5. The maximum Gasteiger partial charge on any atom is 0.228 e. The van der Waals surface area contributed by atoms with Crippen molar-refractivity contribution in [2.24, 2.45) is 11.8 Å². The van der Waals surface area contributed by atoms with Crippen molar-refractivity contribution in [2.45, 2.75) is 12.8 Å². The average molecular weight is 368 g/mol. The Hall–Kier alpha value is -3.02. The molecule has 27 heavy (non-hydrogen) atoms. The van der Waals surface area contributed by atoms with Crippen LogP contribution in [0.3, 0.4) is 0 Å². The second kappa shape index (κ2) is 8.58. The lowest BCUT2D eigenvalue weighted by molar-refractivity contribution is -0.125. The summed E-state index contributed by atoms with van der Waals surface area (Å²) in [5.41, 5.74) is 1.66. The van der Waals surface area contributed by atoms with Gasteiger partial charge in [-0.1, -0.05) is 30.3 Å². The zero-order chi connectivity index (χ0) is 19.2. The third kappa shape index (κ3) is 4.58. The molecule has 1 fully saturated rings. The highest BCUT2D eigenvalue weighted by molar-refractivity contribution is 6.00. The van der Waals surface area contributed by atoms with E-state index in [1.807, 2.05) is 36.4 Å². The Morgan fingerprint density at radius 1 is 0.926 bits per heavy atom. The van der Waals surface area contributed by atoms with Crippen LogP contribution in [0, 0.1) is 11.8 Å². The van der Waals surface area contributed by atoms with E-state index in [0.29, 0.717) is 30.8 Å². The Morgan fingerprint density at radius 2 is 1.56 bits per heavy atom. The van der Waals surface area contributed by atoms with Crippen LogP contribution in [-0.2, 0) is 16.0 Å². The minimum Gasteiger partial charge on any atom is -0.496 e. The summed E-state index contributed by atoms with van der Waals surface area (Å²) in [5.74, 6) is 0.629. The van der Waals surface area contributed by atoms with Gasteiger partial charge in [0, 0.05) is 6.54 Å². The fraction of sp³-hybridized carbons (Fsp3) is 0.333. The molecule has 2 unspecified atom stereocenters. The van der Waals surface area contributed by atoms with Gasteiger partial charge >= 0.3 is 0 Å². The summed E-state index contributed by atoms with van der Waals surface area (Å²) in [6.45, 7) is 0.510. The van der Waals surface area contributed by atoms with Gasteiger partial charge in [-0.05, 0) is 36.6 Å². The van der Waals surface area contributed by atoms with Gasteiger partial charge in [0.2, 0.25) is 11.8 Å². The molecule has 0 bridgehead atoms. The van der Waals surface area contributed by atoms with Crippen molar-refractivity contribution in [3.63, 3.8) is 0 Å². The molecule has 142 valence electrons. The van der Waals surface area contributed by atoms with Crippen molar-refractivity contribution < 1.29 is 19.1 Å². The van der Waals surface area contributed by atoms with Gasteiger partial charge in [0.1, 0.15) is 11.5 Å². The molecule has 0 aromatic heterocycles. The summed E-state index contributed by atoms with van der Waals surface area (Å²) in [6, 6.07) is 15.0. The van der Waals surface area contributed by atoms with Crippen molar-refractivity contribution in [1.29, 1.82) is 0 Å². The molecule has 3 rings (SSSR count).